The third-order valence-electron chi connectivity index (χ3n) is 2.21. The molecule has 0 saturated carbocycles. The van der Waals surface area contributed by atoms with Crippen molar-refractivity contribution in [3.63, 3.8) is 0 Å². The fraction of sp³-hybridized carbons (Fsp3) is 0.0909. The molecule has 0 amide bonds. The Bertz CT molecular complexity index is 526. The Hall–Kier alpha value is -1.48. The van der Waals surface area contributed by atoms with E-state index in [2.05, 4.69) is 21.4 Å². The molecular formula is C11H8N2S. The molecule has 1 aliphatic rings. The molecule has 3 rings (SSSR count). The van der Waals surface area contributed by atoms with E-state index in [4.69, 9.17) is 0 Å². The van der Waals surface area contributed by atoms with E-state index in [1.165, 1.54) is 5.56 Å². The molecular weight excluding hydrogens is 192 g/mol. The van der Waals surface area contributed by atoms with Gasteiger partial charge in [0.2, 0.25) is 0 Å². The third-order valence-corrected chi connectivity index (χ3v) is 3.18. The molecule has 3 heteroatoms. The van der Waals surface area contributed by atoms with Gasteiger partial charge in [0.25, 0.3) is 0 Å². The summed E-state index contributed by atoms with van der Waals surface area (Å²) in [4.78, 5) is 8.85. The summed E-state index contributed by atoms with van der Waals surface area (Å²) in [7, 11) is 0. The highest BCUT2D eigenvalue weighted by molar-refractivity contribution is 7.12. The lowest BCUT2D eigenvalue weighted by atomic mass is 10.0. The number of aryl methyl sites for hydroxylation is 1. The summed E-state index contributed by atoms with van der Waals surface area (Å²) in [5.74, 6) is 0. The Morgan fingerprint density at radius 3 is 2.79 bits per heavy atom. The lowest BCUT2D eigenvalue weighted by Crippen LogP contribution is -2.10. The Morgan fingerprint density at radius 1 is 1.21 bits per heavy atom. The molecule has 0 unspecified atom stereocenters. The van der Waals surface area contributed by atoms with Crippen molar-refractivity contribution in [1.29, 1.82) is 0 Å². The molecule has 0 spiro atoms. The van der Waals surface area contributed by atoms with E-state index in [0.717, 1.165) is 22.1 Å². The van der Waals surface area contributed by atoms with Gasteiger partial charge in [-0.05, 0) is 13.0 Å². The van der Waals surface area contributed by atoms with Crippen molar-refractivity contribution in [2.75, 3.05) is 0 Å². The number of hydrogen-bond donors (Lipinski definition) is 0. The molecule has 1 aromatic carbocycles. The van der Waals surface area contributed by atoms with Gasteiger partial charge in [0.05, 0.1) is 5.69 Å². The van der Waals surface area contributed by atoms with Crippen LogP contribution < -0.4 is 0 Å². The first-order valence-corrected chi connectivity index (χ1v) is 5.33. The molecule has 68 valence electrons. The van der Waals surface area contributed by atoms with E-state index in [1.807, 2.05) is 25.1 Å². The van der Waals surface area contributed by atoms with Crippen LogP contribution >= 0.6 is 11.3 Å². The van der Waals surface area contributed by atoms with Crippen LogP contribution in [0.2, 0.25) is 0 Å². The summed E-state index contributed by atoms with van der Waals surface area (Å²) >= 11 is 1.66. The molecule has 2 nitrogen and oxygen atoms in total. The highest BCUT2D eigenvalue weighted by atomic mass is 32.1. The number of para-hydroxylation sites is 1. The van der Waals surface area contributed by atoms with Crippen molar-refractivity contribution in [2.45, 2.75) is 6.92 Å². The van der Waals surface area contributed by atoms with Crippen LogP contribution in [0.4, 0.5) is 5.69 Å². The van der Waals surface area contributed by atoms with Crippen molar-refractivity contribution in [1.82, 2.24) is 4.98 Å². The zero-order valence-corrected chi connectivity index (χ0v) is 8.51. The van der Waals surface area contributed by atoms with Crippen molar-refractivity contribution >= 4 is 22.7 Å². The Labute approximate surface area is 86.0 Å². The molecule has 0 N–H and O–H groups in total. The van der Waals surface area contributed by atoms with E-state index < -0.39 is 0 Å². The molecule has 0 bridgehead atoms. The van der Waals surface area contributed by atoms with Crippen molar-refractivity contribution in [2.24, 2.45) is 4.99 Å². The normalized spacial score (nSPS) is 13.1. The topological polar surface area (TPSA) is 25.2 Å². The van der Waals surface area contributed by atoms with E-state index in [0.29, 0.717) is 0 Å². The molecule has 14 heavy (non-hydrogen) atoms. The third kappa shape index (κ3) is 1.02. The minimum Gasteiger partial charge on any atom is -0.244 e. The fourth-order valence-corrected chi connectivity index (χ4v) is 2.32. The van der Waals surface area contributed by atoms with Gasteiger partial charge in [-0.15, -0.1) is 11.3 Å². The largest absolute Gasteiger partial charge is 0.244 e. The summed E-state index contributed by atoms with van der Waals surface area (Å²) in [6.45, 7) is 2.01. The molecule has 0 atom stereocenters. The van der Waals surface area contributed by atoms with Crippen LogP contribution in [0, 0.1) is 6.92 Å². The van der Waals surface area contributed by atoms with E-state index in [1.54, 1.807) is 11.3 Å². The molecule has 2 heterocycles. The molecule has 1 aliphatic heterocycles. The fourth-order valence-electron chi connectivity index (χ4n) is 1.52. The van der Waals surface area contributed by atoms with Crippen LogP contribution in [0.1, 0.15) is 16.3 Å². The lowest BCUT2D eigenvalue weighted by Gasteiger charge is -2.15. The number of fused-ring (bicyclic) bond motifs is 1. The van der Waals surface area contributed by atoms with Crippen LogP contribution in [0.25, 0.3) is 0 Å². The number of benzene rings is 1. The quantitative estimate of drug-likeness (QED) is 0.593. The van der Waals surface area contributed by atoms with Crippen LogP contribution in [0.5, 0.6) is 0 Å². The number of hydrogen-bond acceptors (Lipinski definition) is 3. The van der Waals surface area contributed by atoms with Gasteiger partial charge in [-0.3, -0.25) is 0 Å². The van der Waals surface area contributed by atoms with Gasteiger partial charge in [-0.25, -0.2) is 9.98 Å². The van der Waals surface area contributed by atoms with Crippen molar-refractivity contribution < 1.29 is 0 Å². The van der Waals surface area contributed by atoms with Gasteiger partial charge in [0.1, 0.15) is 10.7 Å². The number of nitrogens with zero attached hydrogens (tertiary/aromatic N) is 2. The standard InChI is InChI=1S/C11H8N2S/c1-7-6-14-11(12-7)10-8-4-2-3-5-9(8)13-10/h2-6H,1H3. The predicted octanol–water partition coefficient (Wildman–Crippen LogP) is 2.93. The minimum absolute atomic E-state index is 1.03. The molecule has 2 aromatic rings. The van der Waals surface area contributed by atoms with Crippen molar-refractivity contribution in [3.05, 3.63) is 45.9 Å². The first-order valence-electron chi connectivity index (χ1n) is 4.45. The second-order valence-electron chi connectivity index (χ2n) is 3.27. The predicted molar refractivity (Wildman–Crippen MR) is 58.6 cm³/mol. The monoisotopic (exact) mass is 200 g/mol. The highest BCUT2D eigenvalue weighted by Crippen LogP contribution is 2.33. The average molecular weight is 200 g/mol. The minimum atomic E-state index is 1.03. The first-order chi connectivity index (χ1) is 6.84. The summed E-state index contributed by atoms with van der Waals surface area (Å²) in [6.07, 6.45) is 0. The van der Waals surface area contributed by atoms with Gasteiger partial charge in [0, 0.05) is 16.6 Å². The zero-order valence-electron chi connectivity index (χ0n) is 7.69. The second-order valence-corrected chi connectivity index (χ2v) is 4.13. The Kier molecular flexibility index (Phi) is 1.55. The molecule has 0 radical (unpaired) electrons. The Balaban J connectivity index is 2.06. The number of aromatic nitrogens is 1. The van der Waals surface area contributed by atoms with Gasteiger partial charge in [-0.2, -0.15) is 0 Å². The van der Waals surface area contributed by atoms with Gasteiger partial charge in [-0.1, -0.05) is 18.2 Å². The maximum absolute atomic E-state index is 4.43. The van der Waals surface area contributed by atoms with Crippen LogP contribution in [0.15, 0.2) is 34.6 Å². The number of aliphatic imine (C=N–C) groups is 1. The van der Waals surface area contributed by atoms with E-state index >= 15 is 0 Å². The van der Waals surface area contributed by atoms with Crippen LogP contribution in [0.3, 0.4) is 0 Å². The van der Waals surface area contributed by atoms with Gasteiger partial charge in [0.15, 0.2) is 0 Å². The average Bonchev–Trinajstić information content (AvgIpc) is 2.54. The maximum Gasteiger partial charge on any atom is 0.142 e. The summed E-state index contributed by atoms with van der Waals surface area (Å²) < 4.78 is 0. The van der Waals surface area contributed by atoms with Gasteiger partial charge >= 0.3 is 0 Å². The highest BCUT2D eigenvalue weighted by Gasteiger charge is 2.21. The molecule has 0 fully saturated rings. The van der Waals surface area contributed by atoms with Crippen LogP contribution in [-0.2, 0) is 0 Å². The second kappa shape index (κ2) is 2.75. The summed E-state index contributed by atoms with van der Waals surface area (Å²) in [6, 6.07) is 8.16. The van der Waals surface area contributed by atoms with E-state index in [9.17, 15) is 0 Å². The SMILES string of the molecule is Cc1csc(C2=Nc3ccccc32)n1. The number of rotatable bonds is 1. The maximum atomic E-state index is 4.43. The Morgan fingerprint density at radius 2 is 2.07 bits per heavy atom. The number of thiazole rings is 1. The molecule has 1 aromatic heterocycles. The molecule has 0 saturated heterocycles. The first kappa shape index (κ1) is 7.88. The van der Waals surface area contributed by atoms with Crippen molar-refractivity contribution in [3.8, 4) is 0 Å². The summed E-state index contributed by atoms with van der Waals surface area (Å²) in [5.41, 5.74) is 4.41. The lowest BCUT2D eigenvalue weighted by molar-refractivity contribution is 1.24. The van der Waals surface area contributed by atoms with E-state index in [-0.39, 0.29) is 0 Å². The van der Waals surface area contributed by atoms with Crippen LogP contribution in [-0.4, -0.2) is 10.7 Å². The van der Waals surface area contributed by atoms with Gasteiger partial charge < -0.3 is 0 Å². The smallest absolute Gasteiger partial charge is 0.142 e. The molecule has 0 aliphatic carbocycles. The summed E-state index contributed by atoms with van der Waals surface area (Å²) in [5, 5.41) is 3.08. The zero-order chi connectivity index (χ0) is 9.54.